The van der Waals surface area contributed by atoms with Crippen molar-refractivity contribution >= 4 is 30.2 Å². The smallest absolute Gasteiger partial charge is 0.408 e. The Kier molecular flexibility index (Phi) is 12.9. The highest BCUT2D eigenvalue weighted by Crippen LogP contribution is 2.32. The van der Waals surface area contributed by atoms with Gasteiger partial charge >= 0.3 is 6.09 Å². The third kappa shape index (κ3) is 10.4. The van der Waals surface area contributed by atoms with Gasteiger partial charge < -0.3 is 42.1 Å². The predicted octanol–water partition coefficient (Wildman–Crippen LogP) is -0.470. The van der Waals surface area contributed by atoms with E-state index in [4.69, 9.17) is 16.2 Å². The van der Waals surface area contributed by atoms with Gasteiger partial charge in [-0.1, -0.05) is 20.3 Å². The molecule has 0 spiro atoms. The van der Waals surface area contributed by atoms with E-state index in [1.165, 1.54) is 6.92 Å². The maximum atomic E-state index is 12.5. The van der Waals surface area contributed by atoms with E-state index in [1.807, 2.05) is 0 Å². The lowest BCUT2D eigenvalue weighted by atomic mass is 9.79. The van der Waals surface area contributed by atoms with Crippen molar-refractivity contribution in [3.05, 3.63) is 0 Å². The summed E-state index contributed by atoms with van der Waals surface area (Å²) in [5.74, 6) is -0.793. The van der Waals surface area contributed by atoms with E-state index < -0.39 is 42.6 Å². The van der Waals surface area contributed by atoms with Crippen LogP contribution < -0.4 is 27.4 Å². The standard InChI is InChI=1S/C22H40N6O6/c1-13(2)16-8-4-5-9-18(16)34-22(33)28-17(12-30)20(32)26-14(3)19(31)27-15(11-29)7-6-10-25-21(23)24/h11,13-18,30H,4-10,12H2,1-3H3,(H,26,32)(H,27,31)(H,28,33)(H4,23,24,25)/t14-,15?,16?,17?,18-/m0/s1. The summed E-state index contributed by atoms with van der Waals surface area (Å²) < 4.78 is 5.54. The summed E-state index contributed by atoms with van der Waals surface area (Å²) in [5, 5.41) is 16.9. The highest BCUT2D eigenvalue weighted by molar-refractivity contribution is 5.91. The zero-order valence-electron chi connectivity index (χ0n) is 20.3. The van der Waals surface area contributed by atoms with Gasteiger partial charge in [0.05, 0.1) is 12.6 Å². The summed E-state index contributed by atoms with van der Waals surface area (Å²) >= 11 is 0. The molecule has 1 aliphatic rings. The van der Waals surface area contributed by atoms with Crippen LogP contribution in [0.15, 0.2) is 4.99 Å². The van der Waals surface area contributed by atoms with Crippen molar-refractivity contribution in [3.8, 4) is 0 Å². The van der Waals surface area contributed by atoms with Gasteiger partial charge in [0.1, 0.15) is 24.5 Å². The Hall–Kier alpha value is -2.89. The molecule has 0 radical (unpaired) electrons. The lowest BCUT2D eigenvalue weighted by Crippen LogP contribution is -2.55. The molecule has 34 heavy (non-hydrogen) atoms. The summed E-state index contributed by atoms with van der Waals surface area (Å²) in [4.78, 5) is 52.2. The van der Waals surface area contributed by atoms with Crippen LogP contribution in [0.2, 0.25) is 0 Å². The Bertz CT molecular complexity index is 712. The van der Waals surface area contributed by atoms with Gasteiger partial charge in [0.2, 0.25) is 11.8 Å². The highest BCUT2D eigenvalue weighted by Gasteiger charge is 2.32. The number of carbonyl (C=O) groups excluding carboxylic acids is 4. The van der Waals surface area contributed by atoms with Crippen molar-refractivity contribution in [2.75, 3.05) is 13.2 Å². The molecule has 0 bridgehead atoms. The summed E-state index contributed by atoms with van der Waals surface area (Å²) in [5.41, 5.74) is 10.5. The summed E-state index contributed by atoms with van der Waals surface area (Å²) in [6.45, 7) is 5.24. The number of nitrogens with two attached hydrogens (primary N) is 2. The van der Waals surface area contributed by atoms with Crippen molar-refractivity contribution < 1.29 is 29.0 Å². The minimum Gasteiger partial charge on any atom is -0.446 e. The number of nitrogens with zero attached hydrogens (tertiary/aromatic N) is 1. The number of carbonyl (C=O) groups is 4. The second-order valence-corrected chi connectivity index (χ2v) is 8.95. The first kappa shape index (κ1) is 29.1. The first-order valence-electron chi connectivity index (χ1n) is 11.8. The number of nitrogens with one attached hydrogen (secondary N) is 3. The van der Waals surface area contributed by atoms with Crippen LogP contribution in [0, 0.1) is 11.8 Å². The highest BCUT2D eigenvalue weighted by atomic mass is 16.6. The maximum Gasteiger partial charge on any atom is 0.408 e. The topological polar surface area (TPSA) is 198 Å². The molecule has 3 unspecified atom stereocenters. The number of ether oxygens (including phenoxy) is 1. The number of aliphatic imine (C=N–C) groups is 1. The Morgan fingerprint density at radius 3 is 2.35 bits per heavy atom. The molecule has 8 N–H and O–H groups in total. The van der Waals surface area contributed by atoms with Crippen molar-refractivity contribution in [2.45, 2.75) is 83.5 Å². The van der Waals surface area contributed by atoms with Crippen LogP contribution in [0.5, 0.6) is 0 Å². The number of rotatable bonds is 13. The molecule has 1 aliphatic carbocycles. The summed E-state index contributed by atoms with van der Waals surface area (Å²) in [6, 6.07) is -3.07. The average molecular weight is 485 g/mol. The van der Waals surface area contributed by atoms with Gasteiger partial charge in [-0.05, 0) is 50.9 Å². The Morgan fingerprint density at radius 2 is 1.76 bits per heavy atom. The number of hydrogen-bond acceptors (Lipinski definition) is 7. The number of hydrogen-bond donors (Lipinski definition) is 6. The number of guanidine groups is 1. The van der Waals surface area contributed by atoms with Crippen molar-refractivity contribution in [1.82, 2.24) is 16.0 Å². The van der Waals surface area contributed by atoms with Gasteiger partial charge in [-0.2, -0.15) is 0 Å². The van der Waals surface area contributed by atoms with Crippen LogP contribution in [-0.4, -0.2) is 72.6 Å². The van der Waals surface area contributed by atoms with Gasteiger partial charge in [0.25, 0.3) is 0 Å². The third-order valence-corrected chi connectivity index (χ3v) is 5.87. The molecule has 3 amide bonds. The Morgan fingerprint density at radius 1 is 1.09 bits per heavy atom. The zero-order chi connectivity index (χ0) is 25.7. The molecule has 0 aromatic rings. The number of aliphatic hydroxyl groups is 1. The minimum absolute atomic E-state index is 0.0579. The van der Waals surface area contributed by atoms with Crippen molar-refractivity contribution in [1.29, 1.82) is 0 Å². The Balaban J connectivity index is 2.54. The second-order valence-electron chi connectivity index (χ2n) is 8.95. The van der Waals surface area contributed by atoms with Gasteiger partial charge in [-0.3, -0.25) is 14.6 Å². The molecule has 5 atom stereocenters. The van der Waals surface area contributed by atoms with E-state index >= 15 is 0 Å². The van der Waals surface area contributed by atoms with Crippen molar-refractivity contribution in [2.24, 2.45) is 28.3 Å². The number of amides is 3. The van der Waals surface area contributed by atoms with Crippen molar-refractivity contribution in [3.63, 3.8) is 0 Å². The molecule has 1 saturated carbocycles. The van der Waals surface area contributed by atoms with Gasteiger partial charge in [-0.15, -0.1) is 0 Å². The molecule has 1 rings (SSSR count). The minimum atomic E-state index is -1.29. The first-order valence-corrected chi connectivity index (χ1v) is 11.8. The van der Waals surface area contributed by atoms with E-state index in [9.17, 15) is 24.3 Å². The summed E-state index contributed by atoms with van der Waals surface area (Å²) in [6.07, 6.45) is 4.14. The number of aliphatic hydroxyl groups excluding tert-OH is 1. The predicted molar refractivity (Wildman–Crippen MR) is 127 cm³/mol. The van der Waals surface area contributed by atoms with Crippen LogP contribution >= 0.6 is 0 Å². The molecule has 0 aromatic heterocycles. The lowest BCUT2D eigenvalue weighted by molar-refractivity contribution is -0.131. The number of aldehydes is 1. The molecule has 12 nitrogen and oxygen atoms in total. The van der Waals surface area contributed by atoms with E-state index in [-0.39, 0.29) is 18.0 Å². The van der Waals surface area contributed by atoms with Crippen LogP contribution in [0.1, 0.15) is 59.3 Å². The lowest BCUT2D eigenvalue weighted by Gasteiger charge is -2.34. The average Bonchev–Trinajstić information content (AvgIpc) is 2.79. The van der Waals surface area contributed by atoms with E-state index in [2.05, 4.69) is 34.8 Å². The fourth-order valence-electron chi connectivity index (χ4n) is 3.92. The van der Waals surface area contributed by atoms with E-state index in [0.29, 0.717) is 31.6 Å². The number of alkyl carbamates (subject to hydrolysis) is 1. The fraction of sp³-hybridized carbons (Fsp3) is 0.773. The SMILES string of the molecule is CC(C)C1CCCC[C@@H]1OC(=O)NC(CO)C(=O)N[C@@H](C)C(=O)NC(C=O)CCCN=C(N)N. The molecule has 12 heteroatoms. The molecule has 0 aromatic carbocycles. The molecular formula is C22H40N6O6. The molecular weight excluding hydrogens is 444 g/mol. The molecule has 0 heterocycles. The maximum absolute atomic E-state index is 12.5. The van der Waals surface area contributed by atoms with Gasteiger partial charge in [0.15, 0.2) is 5.96 Å². The van der Waals surface area contributed by atoms with Gasteiger partial charge in [-0.25, -0.2) is 4.79 Å². The van der Waals surface area contributed by atoms with Crippen LogP contribution in [0.4, 0.5) is 4.79 Å². The Labute approximate surface area is 200 Å². The molecule has 0 aliphatic heterocycles. The fourth-order valence-corrected chi connectivity index (χ4v) is 3.92. The van der Waals surface area contributed by atoms with Crippen LogP contribution in [0.3, 0.4) is 0 Å². The van der Waals surface area contributed by atoms with Crippen LogP contribution in [-0.2, 0) is 19.1 Å². The zero-order valence-corrected chi connectivity index (χ0v) is 20.3. The largest absolute Gasteiger partial charge is 0.446 e. The van der Waals surface area contributed by atoms with Gasteiger partial charge in [0, 0.05) is 6.54 Å². The molecule has 0 saturated heterocycles. The first-order chi connectivity index (χ1) is 16.1. The molecule has 1 fully saturated rings. The quantitative estimate of drug-likeness (QED) is 0.0872. The normalized spacial score (nSPS) is 20.4. The monoisotopic (exact) mass is 484 g/mol. The molecule has 194 valence electrons. The van der Waals surface area contributed by atoms with Crippen LogP contribution in [0.25, 0.3) is 0 Å². The van der Waals surface area contributed by atoms with E-state index in [0.717, 1.165) is 25.7 Å². The second kappa shape index (κ2) is 15.1. The third-order valence-electron chi connectivity index (χ3n) is 5.87. The van der Waals surface area contributed by atoms with E-state index in [1.54, 1.807) is 0 Å². The summed E-state index contributed by atoms with van der Waals surface area (Å²) in [7, 11) is 0.